The fourth-order valence-corrected chi connectivity index (χ4v) is 6.02. The Bertz CT molecular complexity index is 964. The van der Waals surface area contributed by atoms with E-state index in [1.165, 1.54) is 7.11 Å². The minimum Gasteiger partial charge on any atom is -0.493 e. The Morgan fingerprint density at radius 2 is 1.92 bits per heavy atom. The smallest absolute Gasteiger partial charge is 0.247 e. The van der Waals surface area contributed by atoms with Gasteiger partial charge in [-0.3, -0.25) is 9.59 Å². The Morgan fingerprint density at radius 3 is 2.54 bits per heavy atom. The minimum absolute atomic E-state index is 0.00598. The lowest BCUT2D eigenvalue weighted by Crippen LogP contribution is -2.58. The predicted octanol–water partition coefficient (Wildman–Crippen LogP) is 2.67. The lowest BCUT2D eigenvalue weighted by molar-refractivity contribution is -0.143. The molecule has 0 bridgehead atoms. The molecule has 2 aliphatic carbocycles. The number of carbonyl (C=O) groups excluding carboxylic acids is 2. The molecule has 1 saturated carbocycles. The average Bonchev–Trinajstić information content (AvgIpc) is 2.90. The Morgan fingerprint density at radius 1 is 1.19 bits per heavy atom. The third-order valence-corrected chi connectivity index (χ3v) is 7.82. The molecule has 0 aromatic heterocycles. The monoisotopic (exact) mass is 630 g/mol. The Balaban J connectivity index is 2.01. The number of hydrogen-bond donors (Lipinski definition) is 4. The van der Waals surface area contributed by atoms with Gasteiger partial charge in [0.2, 0.25) is 11.8 Å². The van der Waals surface area contributed by atoms with E-state index in [1.54, 1.807) is 18.2 Å². The van der Waals surface area contributed by atoms with E-state index in [1.807, 2.05) is 11.8 Å². The van der Waals surface area contributed by atoms with Gasteiger partial charge in [0, 0.05) is 31.0 Å². The van der Waals surface area contributed by atoms with Gasteiger partial charge in [-0.1, -0.05) is 26.2 Å². The van der Waals surface area contributed by atoms with Gasteiger partial charge in [-0.05, 0) is 65.6 Å². The number of nitrogens with one attached hydrogen (secondary N) is 1. The van der Waals surface area contributed by atoms with Crippen LogP contribution in [0.4, 0.5) is 0 Å². The molecule has 3 rings (SSSR count). The van der Waals surface area contributed by atoms with Gasteiger partial charge in [0.25, 0.3) is 0 Å². The molecule has 206 valence electrons. The van der Waals surface area contributed by atoms with Crippen LogP contribution >= 0.6 is 22.6 Å². The highest BCUT2D eigenvalue weighted by Crippen LogP contribution is 2.38. The summed E-state index contributed by atoms with van der Waals surface area (Å²) in [7, 11) is 1.50. The first-order valence-electron chi connectivity index (χ1n) is 13.1. The molecule has 0 aliphatic heterocycles. The predicted molar refractivity (Wildman–Crippen MR) is 147 cm³/mol. The van der Waals surface area contributed by atoms with Crippen LogP contribution in [0, 0.1) is 3.57 Å². The fourth-order valence-electron chi connectivity index (χ4n) is 5.22. The van der Waals surface area contributed by atoms with Crippen molar-refractivity contribution < 1.29 is 34.4 Å². The van der Waals surface area contributed by atoms with Crippen LogP contribution in [0.15, 0.2) is 23.8 Å². The van der Waals surface area contributed by atoms with Gasteiger partial charge in [-0.25, -0.2) is 0 Å². The van der Waals surface area contributed by atoms with Gasteiger partial charge < -0.3 is 35.0 Å². The lowest BCUT2D eigenvalue weighted by atomic mass is 9.85. The van der Waals surface area contributed by atoms with E-state index < -0.39 is 18.2 Å². The number of amides is 2. The summed E-state index contributed by atoms with van der Waals surface area (Å²) in [4.78, 5) is 28.2. The molecule has 3 unspecified atom stereocenters. The van der Waals surface area contributed by atoms with Crippen molar-refractivity contribution >= 4 is 34.4 Å². The molecular weight excluding hydrogens is 591 g/mol. The molecule has 1 aromatic carbocycles. The Hall–Kier alpha value is -1.89. The second-order valence-electron chi connectivity index (χ2n) is 9.63. The standard InChI is InChI=1S/C27H39IN2O7/c1-3-7-24(33)30(19-8-5-4-6-9-19)21-14-18(27(35)29-10-11-31)15-22(25(21)34)37-26-20(28)12-17(16-32)13-23(26)36-2/h12-13,15,19,21-22,25,31-32,34H,3-11,14,16H2,1-2H3,(H,29,35). The highest BCUT2D eigenvalue weighted by atomic mass is 127. The summed E-state index contributed by atoms with van der Waals surface area (Å²) in [6.07, 6.45) is 5.78. The van der Waals surface area contributed by atoms with Gasteiger partial charge in [0.1, 0.15) is 12.2 Å². The summed E-state index contributed by atoms with van der Waals surface area (Å²) >= 11 is 2.08. The first-order chi connectivity index (χ1) is 17.8. The highest BCUT2D eigenvalue weighted by Gasteiger charge is 2.43. The van der Waals surface area contributed by atoms with Crippen molar-refractivity contribution in [3.8, 4) is 11.5 Å². The minimum atomic E-state index is -1.07. The van der Waals surface area contributed by atoms with E-state index in [4.69, 9.17) is 9.47 Å². The summed E-state index contributed by atoms with van der Waals surface area (Å²) in [6, 6.07) is 2.81. The number of rotatable bonds is 11. The van der Waals surface area contributed by atoms with Gasteiger partial charge in [-0.15, -0.1) is 0 Å². The maximum absolute atomic E-state index is 13.4. The van der Waals surface area contributed by atoms with Crippen LogP contribution in [0.5, 0.6) is 11.5 Å². The first-order valence-corrected chi connectivity index (χ1v) is 14.1. The third kappa shape index (κ3) is 7.36. The second-order valence-corrected chi connectivity index (χ2v) is 10.8. The summed E-state index contributed by atoms with van der Waals surface area (Å²) in [5.74, 6) is 0.411. The van der Waals surface area contributed by atoms with Gasteiger partial charge in [0.15, 0.2) is 11.5 Å². The average molecular weight is 631 g/mol. The van der Waals surface area contributed by atoms with Crippen LogP contribution < -0.4 is 14.8 Å². The van der Waals surface area contributed by atoms with E-state index in [0.29, 0.717) is 39.0 Å². The van der Waals surface area contributed by atoms with Crippen molar-refractivity contribution in [1.82, 2.24) is 10.2 Å². The number of aliphatic hydroxyl groups excluding tert-OH is 3. The van der Waals surface area contributed by atoms with Crippen molar-refractivity contribution in [1.29, 1.82) is 0 Å². The van der Waals surface area contributed by atoms with Crippen LogP contribution in [0.3, 0.4) is 0 Å². The molecular formula is C27H39IN2O7. The first kappa shape index (κ1) is 29.7. The van der Waals surface area contributed by atoms with Gasteiger partial charge >= 0.3 is 0 Å². The normalized spacial score (nSPS) is 22.2. The molecule has 9 nitrogen and oxygen atoms in total. The van der Waals surface area contributed by atoms with Crippen molar-refractivity contribution in [2.45, 2.75) is 89.2 Å². The number of methoxy groups -OCH3 is 1. The molecule has 3 atom stereocenters. The van der Waals surface area contributed by atoms with Crippen molar-refractivity contribution in [3.05, 3.63) is 32.9 Å². The van der Waals surface area contributed by atoms with E-state index in [2.05, 4.69) is 27.9 Å². The summed E-state index contributed by atoms with van der Waals surface area (Å²) in [5, 5.41) is 33.1. The molecule has 2 amide bonds. The van der Waals surface area contributed by atoms with E-state index in [9.17, 15) is 24.9 Å². The number of halogens is 1. The zero-order chi connectivity index (χ0) is 26.9. The maximum atomic E-state index is 13.4. The Kier molecular flexibility index (Phi) is 11.5. The molecule has 0 heterocycles. The second kappa shape index (κ2) is 14.3. The van der Waals surface area contributed by atoms with Crippen molar-refractivity contribution in [3.63, 3.8) is 0 Å². The SMILES string of the molecule is CCCC(=O)N(C1CCCCC1)C1CC(C(=O)NCCO)=CC(Oc2c(I)cc(CO)cc2OC)C1O. The number of nitrogens with zero attached hydrogens (tertiary/aromatic N) is 1. The van der Waals surface area contributed by atoms with Crippen molar-refractivity contribution in [2.24, 2.45) is 0 Å². The summed E-state index contributed by atoms with van der Waals surface area (Å²) in [6.45, 7) is 1.70. The summed E-state index contributed by atoms with van der Waals surface area (Å²) < 4.78 is 12.5. The molecule has 0 saturated heterocycles. The van der Waals surface area contributed by atoms with Crippen molar-refractivity contribution in [2.75, 3.05) is 20.3 Å². The molecule has 37 heavy (non-hydrogen) atoms. The number of hydrogen-bond acceptors (Lipinski definition) is 7. The third-order valence-electron chi connectivity index (χ3n) is 7.02. The van der Waals surface area contributed by atoms with Gasteiger partial charge in [0.05, 0.1) is 29.9 Å². The van der Waals surface area contributed by atoms with Gasteiger partial charge in [-0.2, -0.15) is 0 Å². The van der Waals surface area contributed by atoms with Crippen LogP contribution in [-0.2, 0) is 16.2 Å². The lowest BCUT2D eigenvalue weighted by Gasteiger charge is -2.45. The number of aliphatic hydroxyl groups is 3. The molecule has 1 fully saturated rings. The molecule has 4 N–H and O–H groups in total. The topological polar surface area (TPSA) is 129 Å². The quantitative estimate of drug-likeness (QED) is 0.277. The molecule has 2 aliphatic rings. The number of carbonyl (C=O) groups is 2. The number of ether oxygens (including phenoxy) is 2. The zero-order valence-electron chi connectivity index (χ0n) is 21.6. The van der Waals surface area contributed by atoms with Crippen LogP contribution in [0.1, 0.15) is 63.9 Å². The van der Waals surface area contributed by atoms with Crippen LogP contribution in [0.25, 0.3) is 0 Å². The zero-order valence-corrected chi connectivity index (χ0v) is 23.8. The number of benzene rings is 1. The molecule has 10 heteroatoms. The molecule has 0 spiro atoms. The molecule has 1 aromatic rings. The summed E-state index contributed by atoms with van der Waals surface area (Å²) in [5.41, 5.74) is 1.06. The van der Waals surface area contributed by atoms with Crippen LogP contribution in [0.2, 0.25) is 0 Å². The van der Waals surface area contributed by atoms with E-state index in [0.717, 1.165) is 32.1 Å². The Labute approximate surface area is 232 Å². The largest absolute Gasteiger partial charge is 0.493 e. The van der Waals surface area contributed by atoms with E-state index in [-0.39, 0.29) is 44.0 Å². The van der Waals surface area contributed by atoms with E-state index >= 15 is 0 Å². The highest BCUT2D eigenvalue weighted by molar-refractivity contribution is 14.1. The fraction of sp³-hybridized carbons (Fsp3) is 0.630. The maximum Gasteiger partial charge on any atom is 0.247 e. The molecule has 0 radical (unpaired) electrons. The van der Waals surface area contributed by atoms with Crippen LogP contribution in [-0.4, -0.2) is 76.6 Å².